The van der Waals surface area contributed by atoms with Crippen molar-refractivity contribution in [2.45, 2.75) is 59.3 Å². The molecule has 0 aliphatic rings. The fraction of sp³-hybridized carbons (Fsp3) is 0.786. The summed E-state index contributed by atoms with van der Waals surface area (Å²) in [5.74, 6) is 0.652. The molecular weight excluding hydrogens is 264 g/mol. The monoisotopic (exact) mass is 290 g/mol. The molecule has 0 N–H and O–H groups in total. The fourth-order valence-electron chi connectivity index (χ4n) is 1.44. The van der Waals surface area contributed by atoms with Crippen LogP contribution in [0.15, 0.2) is 11.5 Å². The number of rotatable bonds is 9. The zero-order valence-electron chi connectivity index (χ0n) is 12.1. The van der Waals surface area contributed by atoms with Gasteiger partial charge < -0.3 is 9.47 Å². The van der Waals surface area contributed by atoms with Gasteiger partial charge in [-0.3, -0.25) is 0 Å². The van der Waals surface area contributed by atoms with Gasteiger partial charge in [-0.15, -0.1) is 0 Å². The van der Waals surface area contributed by atoms with E-state index in [1.807, 2.05) is 6.26 Å². The largest absolute Gasteiger partial charge is 0.465 e. The van der Waals surface area contributed by atoms with Gasteiger partial charge in [0.1, 0.15) is 0 Å². The highest BCUT2D eigenvalue weighted by Gasteiger charge is 2.11. The Morgan fingerprint density at radius 3 is 2.28 bits per heavy atom. The Morgan fingerprint density at radius 1 is 1.11 bits per heavy atom. The third kappa shape index (κ3) is 7.98. The van der Waals surface area contributed by atoms with Gasteiger partial charge in [-0.2, -0.15) is 0 Å². The van der Waals surface area contributed by atoms with Gasteiger partial charge in [0.05, 0.1) is 6.61 Å². The van der Waals surface area contributed by atoms with Gasteiger partial charge in [-0.05, 0) is 44.2 Å². The maximum atomic E-state index is 5.76. The third-order valence-electron chi connectivity index (χ3n) is 2.62. The van der Waals surface area contributed by atoms with Crippen LogP contribution >= 0.6 is 24.0 Å². The van der Waals surface area contributed by atoms with Crippen LogP contribution in [0.1, 0.15) is 59.3 Å². The maximum absolute atomic E-state index is 5.76. The van der Waals surface area contributed by atoms with Crippen LogP contribution in [0.5, 0.6) is 0 Å². The minimum Gasteiger partial charge on any atom is -0.465 e. The van der Waals surface area contributed by atoms with E-state index in [1.165, 1.54) is 30.2 Å². The zero-order chi connectivity index (χ0) is 13.8. The molecule has 0 radical (unpaired) electrons. The lowest BCUT2D eigenvalue weighted by Crippen LogP contribution is -2.06. The van der Waals surface area contributed by atoms with E-state index in [-0.39, 0.29) is 0 Å². The van der Waals surface area contributed by atoms with E-state index in [9.17, 15) is 0 Å². The van der Waals surface area contributed by atoms with Crippen molar-refractivity contribution in [1.29, 1.82) is 0 Å². The Hall–Kier alpha value is -0.220. The van der Waals surface area contributed by atoms with Crippen LogP contribution in [0.25, 0.3) is 0 Å². The lowest BCUT2D eigenvalue weighted by atomic mass is 10.1. The molecule has 0 spiro atoms. The summed E-state index contributed by atoms with van der Waals surface area (Å²) >= 11 is 6.56. The molecule has 2 nitrogen and oxygen atoms in total. The molecule has 0 fully saturated rings. The first-order chi connectivity index (χ1) is 8.69. The average Bonchev–Trinajstić information content (AvgIpc) is 2.39. The molecule has 4 heteroatoms. The summed E-state index contributed by atoms with van der Waals surface area (Å²) in [6, 6.07) is 0. The molecule has 0 aliphatic heterocycles. The van der Waals surface area contributed by atoms with Crippen molar-refractivity contribution in [3.05, 3.63) is 11.5 Å². The molecule has 0 atom stereocenters. The molecular formula is C14H26O2S2. The molecule has 18 heavy (non-hydrogen) atoms. The molecule has 0 heterocycles. The smallest absolute Gasteiger partial charge is 0.285 e. The van der Waals surface area contributed by atoms with Crippen LogP contribution in [0, 0.1) is 0 Å². The van der Waals surface area contributed by atoms with Crippen molar-refractivity contribution in [3.63, 3.8) is 0 Å². The first-order valence-electron chi connectivity index (χ1n) is 6.80. The van der Waals surface area contributed by atoms with Crippen LogP contribution < -0.4 is 0 Å². The fourth-order valence-corrected chi connectivity index (χ4v) is 1.68. The predicted octanol–water partition coefficient (Wildman–Crippen LogP) is 5.28. The van der Waals surface area contributed by atoms with Crippen LogP contribution in [0.4, 0.5) is 0 Å². The Labute approximate surface area is 122 Å². The molecule has 0 aromatic heterocycles. The molecule has 0 aromatic rings. The van der Waals surface area contributed by atoms with E-state index < -0.39 is 0 Å². The highest BCUT2D eigenvalue weighted by molar-refractivity contribution is 8.22. The van der Waals surface area contributed by atoms with Crippen molar-refractivity contribution in [2.75, 3.05) is 12.9 Å². The SMILES string of the molecule is CCCCO/C(OC(=S)SC)=C(/CC)CCCC. The minimum absolute atomic E-state index is 0.531. The van der Waals surface area contributed by atoms with Gasteiger partial charge in [0.2, 0.25) is 4.38 Å². The number of thioether (sulfide) groups is 1. The van der Waals surface area contributed by atoms with Crippen molar-refractivity contribution >= 4 is 28.4 Å². The standard InChI is InChI=1S/C14H26O2S2/c1-5-8-10-12(7-3)13(15-11-9-6-2)16-14(17)18-4/h5-11H2,1-4H3/b13-12+. The van der Waals surface area contributed by atoms with E-state index in [0.29, 0.717) is 16.9 Å². The second-order valence-electron chi connectivity index (χ2n) is 4.11. The average molecular weight is 290 g/mol. The summed E-state index contributed by atoms with van der Waals surface area (Å²) < 4.78 is 11.9. The molecule has 106 valence electrons. The van der Waals surface area contributed by atoms with Gasteiger partial charge in [0.15, 0.2) is 0 Å². The van der Waals surface area contributed by atoms with Crippen LogP contribution in [0.3, 0.4) is 0 Å². The molecule has 0 bridgehead atoms. The highest BCUT2D eigenvalue weighted by Crippen LogP contribution is 2.21. The van der Waals surface area contributed by atoms with Crippen molar-refractivity contribution < 1.29 is 9.47 Å². The Morgan fingerprint density at radius 2 is 1.78 bits per heavy atom. The Balaban J connectivity index is 4.64. The number of allylic oxidation sites excluding steroid dienone is 1. The van der Waals surface area contributed by atoms with Gasteiger partial charge in [0, 0.05) is 5.57 Å². The second-order valence-corrected chi connectivity index (χ2v) is 5.51. The van der Waals surface area contributed by atoms with E-state index in [4.69, 9.17) is 21.7 Å². The number of unbranched alkanes of at least 4 members (excludes halogenated alkanes) is 2. The summed E-state index contributed by atoms with van der Waals surface area (Å²) in [5, 5.41) is 0. The Bertz CT molecular complexity index is 263. The van der Waals surface area contributed by atoms with Crippen LogP contribution in [-0.2, 0) is 9.47 Å². The molecule has 0 unspecified atom stereocenters. The lowest BCUT2D eigenvalue weighted by Gasteiger charge is -2.15. The van der Waals surface area contributed by atoms with Gasteiger partial charge in [0.25, 0.3) is 5.95 Å². The molecule has 0 rings (SSSR count). The molecule has 0 aliphatic carbocycles. The normalized spacial score (nSPS) is 12.0. The molecule has 0 amide bonds. The minimum atomic E-state index is 0.531. The quantitative estimate of drug-likeness (QED) is 0.326. The summed E-state index contributed by atoms with van der Waals surface area (Å²) in [5.41, 5.74) is 1.24. The topological polar surface area (TPSA) is 18.5 Å². The van der Waals surface area contributed by atoms with Gasteiger partial charge in [-0.1, -0.05) is 45.4 Å². The summed E-state index contributed by atoms with van der Waals surface area (Å²) in [4.78, 5) is 0. The number of hydrogen-bond donors (Lipinski definition) is 0. The van der Waals surface area contributed by atoms with Crippen LogP contribution in [0.2, 0.25) is 0 Å². The number of thiocarbonyl (C=S) groups is 1. The first kappa shape index (κ1) is 17.8. The summed E-state index contributed by atoms with van der Waals surface area (Å²) in [7, 11) is 0. The number of ether oxygens (including phenoxy) is 2. The number of hydrogen-bond acceptors (Lipinski definition) is 4. The van der Waals surface area contributed by atoms with Crippen LogP contribution in [-0.4, -0.2) is 17.2 Å². The zero-order valence-corrected chi connectivity index (χ0v) is 13.7. The second kappa shape index (κ2) is 11.8. The van der Waals surface area contributed by atoms with E-state index in [2.05, 4.69) is 20.8 Å². The predicted molar refractivity (Wildman–Crippen MR) is 84.9 cm³/mol. The maximum Gasteiger partial charge on any atom is 0.285 e. The van der Waals surface area contributed by atoms with Crippen molar-refractivity contribution in [2.24, 2.45) is 0 Å². The first-order valence-corrected chi connectivity index (χ1v) is 8.43. The van der Waals surface area contributed by atoms with Crippen molar-refractivity contribution in [3.8, 4) is 0 Å². The molecule has 0 saturated carbocycles. The molecule has 0 aromatic carbocycles. The van der Waals surface area contributed by atoms with Gasteiger partial charge in [-0.25, -0.2) is 0 Å². The van der Waals surface area contributed by atoms with E-state index in [1.54, 1.807) is 0 Å². The third-order valence-corrected chi connectivity index (χ3v) is 3.62. The van der Waals surface area contributed by atoms with Crippen molar-refractivity contribution in [1.82, 2.24) is 0 Å². The Kier molecular flexibility index (Phi) is 11.7. The van der Waals surface area contributed by atoms with E-state index in [0.717, 1.165) is 25.7 Å². The van der Waals surface area contributed by atoms with Gasteiger partial charge >= 0.3 is 0 Å². The summed E-state index contributed by atoms with van der Waals surface area (Å²) in [6.07, 6.45) is 8.42. The van der Waals surface area contributed by atoms with E-state index >= 15 is 0 Å². The summed E-state index contributed by atoms with van der Waals surface area (Å²) in [6.45, 7) is 7.19. The highest BCUT2D eigenvalue weighted by atomic mass is 32.2. The molecule has 0 saturated heterocycles. The lowest BCUT2D eigenvalue weighted by molar-refractivity contribution is 0.0964.